The zero-order valence-corrected chi connectivity index (χ0v) is 23.4. The summed E-state index contributed by atoms with van der Waals surface area (Å²) >= 11 is 3.59. The van der Waals surface area contributed by atoms with Gasteiger partial charge in [-0.15, -0.1) is 0 Å². The SMILES string of the molecule is NC1C(=O)C(N)C2C(CCCCC(=O)NCCCOCCOCCOCCCNC(=O)I)SCC12. The van der Waals surface area contributed by atoms with Gasteiger partial charge in [0.1, 0.15) is 0 Å². The van der Waals surface area contributed by atoms with Gasteiger partial charge in [0.25, 0.3) is 3.91 Å². The number of carbonyl (C=O) groups is 3. The first-order valence-corrected chi connectivity index (χ1v) is 14.6. The molecule has 12 heteroatoms. The lowest BCUT2D eigenvalue weighted by Crippen LogP contribution is -2.39. The van der Waals surface area contributed by atoms with Crippen molar-refractivity contribution in [3.05, 3.63) is 0 Å². The number of amides is 2. The molecule has 2 aliphatic rings. The smallest absolute Gasteiger partial charge is 0.280 e. The molecule has 0 aromatic carbocycles. The third kappa shape index (κ3) is 11.6. The summed E-state index contributed by atoms with van der Waals surface area (Å²) in [4.78, 5) is 34.7. The fourth-order valence-electron chi connectivity index (χ4n) is 4.50. The molecule has 0 aromatic heterocycles. The van der Waals surface area contributed by atoms with Gasteiger partial charge in [-0.2, -0.15) is 11.8 Å². The molecule has 1 saturated carbocycles. The first-order valence-electron chi connectivity index (χ1n) is 12.5. The highest BCUT2D eigenvalue weighted by Crippen LogP contribution is 2.46. The average Bonchev–Trinajstić information content (AvgIpc) is 3.34. The van der Waals surface area contributed by atoms with E-state index in [-0.39, 0.29) is 27.4 Å². The first kappa shape index (κ1) is 30.7. The van der Waals surface area contributed by atoms with Crippen LogP contribution in [0, 0.1) is 11.8 Å². The molecule has 10 nitrogen and oxygen atoms in total. The van der Waals surface area contributed by atoms with E-state index in [9.17, 15) is 14.4 Å². The number of halogens is 1. The minimum atomic E-state index is -0.418. The number of ether oxygens (including phenoxy) is 3. The number of hydrogen-bond acceptors (Lipinski definition) is 9. The van der Waals surface area contributed by atoms with Crippen molar-refractivity contribution in [2.75, 3.05) is 58.5 Å². The zero-order valence-electron chi connectivity index (χ0n) is 20.4. The number of Topliss-reactive ketones (excluding diaryl/α,β-unsaturated/α-hetero) is 1. The summed E-state index contributed by atoms with van der Waals surface area (Å²) < 4.78 is 16.3. The van der Waals surface area contributed by atoms with Crippen LogP contribution in [0.5, 0.6) is 0 Å². The van der Waals surface area contributed by atoms with Gasteiger partial charge in [0.15, 0.2) is 5.78 Å². The third-order valence-corrected chi connectivity index (χ3v) is 8.30. The van der Waals surface area contributed by atoms with E-state index >= 15 is 0 Å². The van der Waals surface area contributed by atoms with Crippen molar-refractivity contribution in [1.82, 2.24) is 10.6 Å². The maximum atomic E-state index is 12.0. The molecule has 2 fully saturated rings. The van der Waals surface area contributed by atoms with E-state index in [0.717, 1.165) is 37.9 Å². The summed E-state index contributed by atoms with van der Waals surface area (Å²) in [6.45, 7) is 4.43. The molecular formula is C23H41IN4O6S. The monoisotopic (exact) mass is 628 g/mol. The molecule has 2 rings (SSSR count). The van der Waals surface area contributed by atoms with Crippen molar-refractivity contribution in [3.63, 3.8) is 0 Å². The van der Waals surface area contributed by atoms with Crippen molar-refractivity contribution in [2.24, 2.45) is 23.3 Å². The Balaban J connectivity index is 1.33. The fraction of sp³-hybridized carbons (Fsp3) is 0.870. The Morgan fingerprint density at radius 1 is 0.886 bits per heavy atom. The molecule has 0 radical (unpaired) electrons. The summed E-state index contributed by atoms with van der Waals surface area (Å²) in [7, 11) is 0. The molecule has 0 spiro atoms. The highest BCUT2D eigenvalue weighted by atomic mass is 127. The Morgan fingerprint density at radius 3 is 2.11 bits per heavy atom. The highest BCUT2D eigenvalue weighted by molar-refractivity contribution is 14.1. The maximum Gasteiger partial charge on any atom is 0.280 e. The van der Waals surface area contributed by atoms with Crippen LogP contribution in [-0.2, 0) is 23.8 Å². The third-order valence-electron chi connectivity index (χ3n) is 6.36. The number of nitrogens with two attached hydrogens (primary N) is 2. The number of thioether (sulfide) groups is 1. The van der Waals surface area contributed by atoms with E-state index in [1.54, 1.807) is 22.6 Å². The Kier molecular flexibility index (Phi) is 15.7. The van der Waals surface area contributed by atoms with Crippen molar-refractivity contribution < 1.29 is 28.6 Å². The van der Waals surface area contributed by atoms with Gasteiger partial charge in [-0.25, -0.2) is 0 Å². The van der Waals surface area contributed by atoms with Crippen molar-refractivity contribution >= 4 is 50.0 Å². The van der Waals surface area contributed by atoms with Gasteiger partial charge >= 0.3 is 0 Å². The molecule has 2 amide bonds. The molecular weight excluding hydrogens is 587 g/mol. The molecule has 5 atom stereocenters. The minimum Gasteiger partial charge on any atom is -0.379 e. The minimum absolute atomic E-state index is 0.0124. The van der Waals surface area contributed by atoms with Crippen LogP contribution in [0.1, 0.15) is 38.5 Å². The molecule has 35 heavy (non-hydrogen) atoms. The van der Waals surface area contributed by atoms with Gasteiger partial charge in [-0.3, -0.25) is 14.4 Å². The summed E-state index contributed by atoms with van der Waals surface area (Å²) in [6, 6.07) is -0.813. The van der Waals surface area contributed by atoms with E-state index in [1.165, 1.54) is 0 Å². The summed E-state index contributed by atoms with van der Waals surface area (Å²) in [6.07, 6.45) is 4.82. The van der Waals surface area contributed by atoms with Crippen LogP contribution in [0.25, 0.3) is 0 Å². The second kappa shape index (κ2) is 17.9. The van der Waals surface area contributed by atoms with Crippen LogP contribution in [0.15, 0.2) is 0 Å². The molecule has 0 aromatic rings. The van der Waals surface area contributed by atoms with Crippen molar-refractivity contribution in [3.8, 4) is 0 Å². The van der Waals surface area contributed by atoms with Crippen LogP contribution >= 0.6 is 34.4 Å². The standard InChI is InChI=1S/C23H41IN4O6S/c24-23(31)28-8-4-10-33-12-14-34-13-11-32-9-3-7-27-18(29)6-2-1-5-17-19-16(15-35-17)20(25)22(30)21(19)26/h16-17,19-21H,1-15,25-26H2,(H,27,29)(H,28,31). The van der Waals surface area contributed by atoms with Gasteiger partial charge in [-0.05, 0) is 43.3 Å². The summed E-state index contributed by atoms with van der Waals surface area (Å²) in [5, 5.41) is 6.02. The van der Waals surface area contributed by atoms with Crippen LogP contribution in [-0.4, -0.2) is 91.4 Å². The average molecular weight is 629 g/mol. The molecule has 5 unspecified atom stereocenters. The Hall–Kier alpha value is -0.510. The number of nitrogens with one attached hydrogen (secondary N) is 2. The Labute approximate surface area is 226 Å². The second-order valence-corrected chi connectivity index (χ2v) is 11.2. The van der Waals surface area contributed by atoms with Crippen LogP contribution in [0.2, 0.25) is 0 Å². The van der Waals surface area contributed by atoms with Crippen molar-refractivity contribution in [2.45, 2.75) is 55.9 Å². The molecule has 1 aliphatic carbocycles. The number of ketones is 1. The molecule has 202 valence electrons. The second-order valence-electron chi connectivity index (χ2n) is 8.91. The normalized spacial score (nSPS) is 25.6. The molecule has 1 saturated heterocycles. The zero-order chi connectivity index (χ0) is 25.5. The van der Waals surface area contributed by atoms with Crippen LogP contribution in [0.4, 0.5) is 4.79 Å². The van der Waals surface area contributed by atoms with Crippen LogP contribution < -0.4 is 22.1 Å². The van der Waals surface area contributed by atoms with E-state index in [0.29, 0.717) is 64.4 Å². The van der Waals surface area contributed by atoms with E-state index < -0.39 is 12.1 Å². The van der Waals surface area contributed by atoms with Gasteiger partial charge in [-0.1, -0.05) is 6.42 Å². The van der Waals surface area contributed by atoms with E-state index in [4.69, 9.17) is 25.7 Å². The lowest BCUT2D eigenvalue weighted by molar-refractivity contribution is -0.121. The molecule has 1 heterocycles. The van der Waals surface area contributed by atoms with E-state index in [1.807, 2.05) is 11.8 Å². The van der Waals surface area contributed by atoms with Gasteiger partial charge in [0.05, 0.1) is 38.5 Å². The quantitative estimate of drug-likeness (QED) is 0.0716. The highest BCUT2D eigenvalue weighted by Gasteiger charge is 2.53. The summed E-state index contributed by atoms with van der Waals surface area (Å²) in [5.74, 6) is 1.41. The molecule has 0 bridgehead atoms. The van der Waals surface area contributed by atoms with Gasteiger partial charge < -0.3 is 36.3 Å². The van der Waals surface area contributed by atoms with Gasteiger partial charge in [0.2, 0.25) is 5.91 Å². The number of rotatable bonds is 19. The molecule has 6 N–H and O–H groups in total. The number of unbranched alkanes of at least 4 members (excludes halogenated alkanes) is 1. The first-order chi connectivity index (χ1) is 16.9. The maximum absolute atomic E-state index is 12.0. The Morgan fingerprint density at radius 2 is 1.49 bits per heavy atom. The number of carbonyl (C=O) groups excluding carboxylic acids is 3. The van der Waals surface area contributed by atoms with Crippen LogP contribution in [0.3, 0.4) is 0 Å². The predicted octanol–water partition coefficient (Wildman–Crippen LogP) is 1.22. The van der Waals surface area contributed by atoms with Crippen molar-refractivity contribution in [1.29, 1.82) is 0 Å². The summed E-state index contributed by atoms with van der Waals surface area (Å²) in [5.41, 5.74) is 12.1. The predicted molar refractivity (Wildman–Crippen MR) is 145 cm³/mol. The fourth-order valence-corrected chi connectivity index (χ4v) is 6.59. The molecule has 1 aliphatic heterocycles. The topological polar surface area (TPSA) is 155 Å². The number of hydrogen-bond donors (Lipinski definition) is 4. The Bertz CT molecular complexity index is 662. The number of fused-ring (bicyclic) bond motifs is 1. The van der Waals surface area contributed by atoms with E-state index in [2.05, 4.69) is 10.6 Å². The lowest BCUT2D eigenvalue weighted by atomic mass is 9.89. The lowest BCUT2D eigenvalue weighted by Gasteiger charge is -2.20. The van der Waals surface area contributed by atoms with Gasteiger partial charge in [0, 0.05) is 60.6 Å². The largest absolute Gasteiger partial charge is 0.379 e.